The molecule has 2 amide bonds. The van der Waals surface area contributed by atoms with E-state index in [4.69, 9.17) is 4.42 Å². The number of amides is 2. The predicted octanol–water partition coefficient (Wildman–Crippen LogP) is 3.28. The maximum Gasteiger partial charge on any atom is 0.254 e. The largest absolute Gasteiger partial charge is 0.467 e. The molecule has 1 aromatic carbocycles. The molecule has 0 bridgehead atoms. The summed E-state index contributed by atoms with van der Waals surface area (Å²) >= 11 is 0. The minimum Gasteiger partial charge on any atom is -0.467 e. The van der Waals surface area contributed by atoms with E-state index in [1.807, 2.05) is 36.4 Å². The van der Waals surface area contributed by atoms with Gasteiger partial charge in [0.05, 0.1) is 36.1 Å². The van der Waals surface area contributed by atoms with E-state index in [0.717, 1.165) is 10.9 Å². The summed E-state index contributed by atoms with van der Waals surface area (Å²) in [5, 5.41) is 3.48. The first-order valence-electron chi connectivity index (χ1n) is 9.46. The van der Waals surface area contributed by atoms with Crippen molar-refractivity contribution in [3.05, 3.63) is 84.6 Å². The number of pyridine rings is 2. The van der Waals surface area contributed by atoms with Gasteiger partial charge < -0.3 is 14.6 Å². The van der Waals surface area contributed by atoms with E-state index in [-0.39, 0.29) is 24.9 Å². The van der Waals surface area contributed by atoms with Gasteiger partial charge in [-0.25, -0.2) is 4.98 Å². The Morgan fingerprint density at radius 3 is 2.73 bits per heavy atom. The van der Waals surface area contributed by atoms with Gasteiger partial charge in [0.1, 0.15) is 5.76 Å². The van der Waals surface area contributed by atoms with E-state index in [2.05, 4.69) is 15.3 Å². The Labute approximate surface area is 173 Å². The molecule has 0 saturated heterocycles. The van der Waals surface area contributed by atoms with E-state index in [1.54, 1.807) is 43.9 Å². The van der Waals surface area contributed by atoms with Crippen LogP contribution in [0.2, 0.25) is 0 Å². The summed E-state index contributed by atoms with van der Waals surface area (Å²) in [6, 6.07) is 16.5. The number of benzene rings is 1. The summed E-state index contributed by atoms with van der Waals surface area (Å²) in [5.74, 6) is 0.124. The molecule has 0 radical (unpaired) electrons. The van der Waals surface area contributed by atoms with Crippen LogP contribution in [0.15, 0.2) is 77.7 Å². The Kier molecular flexibility index (Phi) is 5.52. The molecule has 1 N–H and O–H groups in total. The topological polar surface area (TPSA) is 88.3 Å². The fourth-order valence-electron chi connectivity index (χ4n) is 3.16. The third-order valence-corrected chi connectivity index (χ3v) is 4.67. The highest BCUT2D eigenvalue weighted by Crippen LogP contribution is 2.25. The van der Waals surface area contributed by atoms with Crippen molar-refractivity contribution in [2.24, 2.45) is 0 Å². The number of para-hydroxylation sites is 1. The van der Waals surface area contributed by atoms with Crippen molar-refractivity contribution in [3.63, 3.8) is 0 Å². The second-order valence-electron chi connectivity index (χ2n) is 6.83. The molecule has 0 spiro atoms. The van der Waals surface area contributed by atoms with Crippen LogP contribution in [0.1, 0.15) is 16.1 Å². The lowest BCUT2D eigenvalue weighted by Crippen LogP contribution is -2.38. The molecule has 7 nitrogen and oxygen atoms in total. The minimum atomic E-state index is -0.270. The van der Waals surface area contributed by atoms with Crippen LogP contribution < -0.4 is 5.32 Å². The summed E-state index contributed by atoms with van der Waals surface area (Å²) in [4.78, 5) is 35.7. The molecule has 7 heteroatoms. The highest BCUT2D eigenvalue weighted by Gasteiger charge is 2.19. The van der Waals surface area contributed by atoms with Crippen LogP contribution in [-0.2, 0) is 11.3 Å². The van der Waals surface area contributed by atoms with E-state index in [1.165, 1.54) is 4.90 Å². The number of fused-ring (bicyclic) bond motifs is 1. The molecule has 3 aromatic heterocycles. The smallest absolute Gasteiger partial charge is 0.254 e. The average Bonchev–Trinajstić information content (AvgIpc) is 3.31. The first-order chi connectivity index (χ1) is 14.6. The van der Waals surface area contributed by atoms with E-state index in [0.29, 0.717) is 22.5 Å². The second kappa shape index (κ2) is 8.57. The Morgan fingerprint density at radius 1 is 1.10 bits per heavy atom. The molecular formula is C23H20N4O3. The number of rotatable bonds is 6. The molecule has 0 unspecified atom stereocenters. The third kappa shape index (κ3) is 4.20. The number of hydrogen-bond donors (Lipinski definition) is 1. The van der Waals surface area contributed by atoms with Crippen LogP contribution in [-0.4, -0.2) is 40.3 Å². The fraction of sp³-hybridized carbons (Fsp3) is 0.130. The summed E-state index contributed by atoms with van der Waals surface area (Å²) in [7, 11) is 1.60. The van der Waals surface area contributed by atoms with Crippen molar-refractivity contribution in [3.8, 4) is 11.3 Å². The van der Waals surface area contributed by atoms with Gasteiger partial charge in [-0.2, -0.15) is 0 Å². The van der Waals surface area contributed by atoms with Crippen LogP contribution in [0.25, 0.3) is 22.2 Å². The zero-order chi connectivity index (χ0) is 20.9. The van der Waals surface area contributed by atoms with Crippen LogP contribution in [0, 0.1) is 0 Å². The number of nitrogens with zero attached hydrogens (tertiary/aromatic N) is 3. The van der Waals surface area contributed by atoms with E-state index < -0.39 is 0 Å². The molecule has 150 valence electrons. The molecule has 30 heavy (non-hydrogen) atoms. The van der Waals surface area contributed by atoms with E-state index in [9.17, 15) is 9.59 Å². The van der Waals surface area contributed by atoms with Gasteiger partial charge >= 0.3 is 0 Å². The van der Waals surface area contributed by atoms with E-state index >= 15 is 0 Å². The predicted molar refractivity (Wildman–Crippen MR) is 112 cm³/mol. The van der Waals surface area contributed by atoms with Gasteiger partial charge in [-0.05, 0) is 36.4 Å². The van der Waals surface area contributed by atoms with Gasteiger partial charge in [0, 0.05) is 30.4 Å². The number of hydrogen-bond acceptors (Lipinski definition) is 5. The lowest BCUT2D eigenvalue weighted by molar-refractivity contribution is -0.121. The van der Waals surface area contributed by atoms with Crippen molar-refractivity contribution in [1.82, 2.24) is 20.2 Å². The van der Waals surface area contributed by atoms with Gasteiger partial charge in [-0.3, -0.25) is 14.6 Å². The normalized spacial score (nSPS) is 10.7. The maximum atomic E-state index is 13.2. The minimum absolute atomic E-state index is 0.0710. The summed E-state index contributed by atoms with van der Waals surface area (Å²) in [5.41, 5.74) is 2.66. The van der Waals surface area contributed by atoms with Gasteiger partial charge in [0.25, 0.3) is 5.91 Å². The van der Waals surface area contributed by atoms with Crippen LogP contribution in [0.3, 0.4) is 0 Å². The first kappa shape index (κ1) is 19.3. The lowest BCUT2D eigenvalue weighted by Gasteiger charge is -2.18. The molecule has 0 atom stereocenters. The fourth-order valence-corrected chi connectivity index (χ4v) is 3.16. The average molecular weight is 400 g/mol. The Balaban J connectivity index is 1.57. The SMILES string of the molecule is CN(CC(=O)NCc1ccco1)C(=O)c1cc(-c2cccnc2)nc2ccccc12. The van der Waals surface area contributed by atoms with Gasteiger partial charge in [-0.15, -0.1) is 0 Å². The monoisotopic (exact) mass is 400 g/mol. The zero-order valence-electron chi connectivity index (χ0n) is 16.4. The lowest BCUT2D eigenvalue weighted by atomic mass is 10.0. The Bertz CT molecular complexity index is 1170. The summed E-state index contributed by atoms with van der Waals surface area (Å²) in [6.07, 6.45) is 4.94. The van der Waals surface area contributed by atoms with Gasteiger partial charge in [-0.1, -0.05) is 18.2 Å². The summed E-state index contributed by atoms with van der Waals surface area (Å²) < 4.78 is 5.20. The molecule has 4 aromatic rings. The molecule has 3 heterocycles. The van der Waals surface area contributed by atoms with Crippen molar-refractivity contribution in [2.45, 2.75) is 6.54 Å². The van der Waals surface area contributed by atoms with Crippen LogP contribution >= 0.6 is 0 Å². The second-order valence-corrected chi connectivity index (χ2v) is 6.83. The van der Waals surface area contributed by atoms with Crippen molar-refractivity contribution in [2.75, 3.05) is 13.6 Å². The third-order valence-electron chi connectivity index (χ3n) is 4.67. The standard InChI is InChI=1S/C23H20N4O3/c1-27(15-22(28)25-14-17-7-5-11-30-17)23(29)19-12-21(16-6-4-10-24-13-16)26-20-9-3-2-8-18(19)20/h2-13H,14-15H2,1H3,(H,25,28). The maximum absolute atomic E-state index is 13.2. The number of nitrogens with one attached hydrogen (secondary N) is 1. The molecule has 4 rings (SSSR count). The van der Waals surface area contributed by atoms with Crippen molar-refractivity contribution >= 4 is 22.7 Å². The Morgan fingerprint density at radius 2 is 1.97 bits per heavy atom. The highest BCUT2D eigenvalue weighted by atomic mass is 16.3. The van der Waals surface area contributed by atoms with Gasteiger partial charge in [0.2, 0.25) is 5.91 Å². The van der Waals surface area contributed by atoms with Gasteiger partial charge in [0.15, 0.2) is 0 Å². The molecule has 0 aliphatic carbocycles. The quantitative estimate of drug-likeness (QED) is 0.537. The molecule has 0 aliphatic rings. The first-order valence-corrected chi connectivity index (χ1v) is 9.46. The molecular weight excluding hydrogens is 380 g/mol. The van der Waals surface area contributed by atoms with Crippen LogP contribution in [0.4, 0.5) is 0 Å². The number of likely N-dealkylation sites (N-methyl/N-ethyl adjacent to an activating group) is 1. The van der Waals surface area contributed by atoms with Crippen LogP contribution in [0.5, 0.6) is 0 Å². The number of carbonyl (C=O) groups excluding carboxylic acids is 2. The Hall–Kier alpha value is -4.00. The zero-order valence-corrected chi connectivity index (χ0v) is 16.4. The van der Waals surface area contributed by atoms with Crippen molar-refractivity contribution in [1.29, 1.82) is 0 Å². The van der Waals surface area contributed by atoms with Crippen molar-refractivity contribution < 1.29 is 14.0 Å². The molecule has 0 fully saturated rings. The number of carbonyl (C=O) groups is 2. The molecule has 0 saturated carbocycles. The number of aromatic nitrogens is 2. The summed E-state index contributed by atoms with van der Waals surface area (Å²) in [6.45, 7) is 0.204. The molecule has 0 aliphatic heterocycles. The number of furan rings is 1. The highest BCUT2D eigenvalue weighted by molar-refractivity contribution is 6.07.